The van der Waals surface area contributed by atoms with Gasteiger partial charge in [-0.05, 0) is 83.5 Å². The highest BCUT2D eigenvalue weighted by molar-refractivity contribution is 6.42. The molecule has 14 nitrogen and oxygen atoms in total. The van der Waals surface area contributed by atoms with Crippen LogP contribution in [0.2, 0.25) is 20.1 Å². The van der Waals surface area contributed by atoms with Crippen molar-refractivity contribution >= 4 is 93.8 Å². The molecule has 1 fully saturated rings. The Kier molecular flexibility index (Phi) is 19.8. The Labute approximate surface area is 439 Å². The molecule has 2 atom stereocenters. The number of nitrogens with one attached hydrogen (secondary N) is 4. The number of amides is 4. The number of benzene rings is 4. The van der Waals surface area contributed by atoms with E-state index in [4.69, 9.17) is 46.4 Å². The fourth-order valence-electron chi connectivity index (χ4n) is 8.52. The standard InChI is InChI=1S/C54H56Cl4N8O6/c55-43-17-15-36(24-45(43)57)22-40-31-66(32-41(52(40)70)23-37-16-18-44(56)46(58)25-37)54(72)48(26-35-10-4-3-5-11-35)64-50(68)14-6-1-2-9-20-59-51(69)29-60-49-27-47(62-34-63-49)53(71)61-28-42(67)33-65-21-19-38-12-7-8-13-39(38)30-65/h3-5,7-8,10-13,15-18,22-25,27,34,42,48,67H,1-2,6,9,14,19-21,26,28-33H2,(H,59,69)(H,61,71)(H,64,68)(H,60,62,63)/b40-22+,41-23+/t42-,48-/m0/s1. The molecule has 376 valence electrons. The maximum Gasteiger partial charge on any atom is 0.270 e. The van der Waals surface area contributed by atoms with Crippen molar-refractivity contribution < 1.29 is 29.1 Å². The number of likely N-dealkylation sites (tertiary alicyclic amines) is 1. The number of fused-ring (bicyclic) bond motifs is 1. The largest absolute Gasteiger partial charge is 0.390 e. The first kappa shape index (κ1) is 53.7. The van der Waals surface area contributed by atoms with E-state index in [1.54, 1.807) is 53.5 Å². The molecule has 1 aromatic heterocycles. The maximum absolute atomic E-state index is 14.5. The molecule has 0 aliphatic carbocycles. The second-order valence-electron chi connectivity index (χ2n) is 17.8. The smallest absolute Gasteiger partial charge is 0.270 e. The lowest BCUT2D eigenvalue weighted by atomic mass is 9.93. The first-order chi connectivity index (χ1) is 34.8. The molecular weight excluding hydrogens is 998 g/mol. The van der Waals surface area contributed by atoms with Crippen LogP contribution in [-0.2, 0) is 38.6 Å². The zero-order valence-electron chi connectivity index (χ0n) is 39.5. The van der Waals surface area contributed by atoms with Gasteiger partial charge in [-0.15, -0.1) is 0 Å². The van der Waals surface area contributed by atoms with Crippen molar-refractivity contribution in [2.75, 3.05) is 51.1 Å². The van der Waals surface area contributed by atoms with Crippen LogP contribution in [0.3, 0.4) is 0 Å². The highest BCUT2D eigenvalue weighted by atomic mass is 35.5. The molecule has 2 aliphatic rings. The van der Waals surface area contributed by atoms with Crippen LogP contribution in [0.1, 0.15) is 70.4 Å². The van der Waals surface area contributed by atoms with E-state index in [-0.39, 0.29) is 68.2 Å². The maximum atomic E-state index is 14.5. The summed E-state index contributed by atoms with van der Waals surface area (Å²) in [4.78, 5) is 79.4. The summed E-state index contributed by atoms with van der Waals surface area (Å²) in [6, 6.07) is 28.2. The van der Waals surface area contributed by atoms with E-state index in [0.29, 0.717) is 80.5 Å². The number of hydrogen-bond donors (Lipinski definition) is 5. The summed E-state index contributed by atoms with van der Waals surface area (Å²) in [6.45, 7) is 2.41. The second kappa shape index (κ2) is 26.5. The normalized spacial score (nSPS) is 15.7. The van der Waals surface area contributed by atoms with Crippen molar-refractivity contribution in [2.45, 2.75) is 63.6 Å². The summed E-state index contributed by atoms with van der Waals surface area (Å²) < 4.78 is 0. The van der Waals surface area contributed by atoms with Crippen LogP contribution >= 0.6 is 46.4 Å². The number of β-amino-alcohol motifs (C(OH)–C–C–N with tert-alkyl or cyclic N) is 1. The van der Waals surface area contributed by atoms with Gasteiger partial charge >= 0.3 is 0 Å². The van der Waals surface area contributed by atoms with Crippen molar-refractivity contribution in [3.8, 4) is 0 Å². The van der Waals surface area contributed by atoms with Gasteiger partial charge in [0.15, 0.2) is 5.78 Å². The van der Waals surface area contributed by atoms with Crippen LogP contribution in [0.5, 0.6) is 0 Å². The number of aromatic nitrogens is 2. The van der Waals surface area contributed by atoms with Gasteiger partial charge < -0.3 is 31.3 Å². The van der Waals surface area contributed by atoms with Crippen LogP contribution in [0.15, 0.2) is 115 Å². The molecule has 0 bridgehead atoms. The van der Waals surface area contributed by atoms with Gasteiger partial charge in [0.1, 0.15) is 23.9 Å². The van der Waals surface area contributed by atoms with Crippen LogP contribution in [0.25, 0.3) is 12.2 Å². The lowest BCUT2D eigenvalue weighted by Gasteiger charge is -2.33. The number of carbonyl (C=O) groups excluding carboxylic acids is 5. The SMILES string of the molecule is O=C(CNc1cc(C(=O)NC[C@H](O)CN2CCc3ccccc3C2)ncn1)NCCCCCCC(=O)N[C@@H](Cc1ccccc1)C(=O)N1C/C(=C\c2ccc(Cl)c(Cl)c2)C(=O)/C(=C/c2ccc(Cl)c(Cl)c2)C1. The zero-order chi connectivity index (χ0) is 51.0. The van der Waals surface area contributed by atoms with E-state index < -0.39 is 18.1 Å². The number of ketones is 1. The van der Waals surface area contributed by atoms with Gasteiger partial charge in [0.05, 0.1) is 32.7 Å². The molecule has 4 amide bonds. The van der Waals surface area contributed by atoms with Crippen molar-refractivity contribution in [2.24, 2.45) is 0 Å². The van der Waals surface area contributed by atoms with Gasteiger partial charge in [0.25, 0.3) is 5.91 Å². The van der Waals surface area contributed by atoms with Crippen LogP contribution in [-0.4, -0.2) is 112 Å². The molecule has 1 saturated heterocycles. The Hall–Kier alpha value is -6.13. The van der Waals surface area contributed by atoms with E-state index in [1.807, 2.05) is 42.5 Å². The molecular formula is C54H56Cl4N8O6. The average molecular weight is 1050 g/mol. The topological polar surface area (TPSA) is 186 Å². The van der Waals surface area contributed by atoms with Crippen molar-refractivity contribution in [1.82, 2.24) is 35.7 Å². The van der Waals surface area contributed by atoms with Crippen molar-refractivity contribution in [3.05, 3.63) is 168 Å². The van der Waals surface area contributed by atoms with E-state index in [2.05, 4.69) is 48.3 Å². The number of halogens is 4. The van der Waals surface area contributed by atoms with E-state index in [0.717, 1.165) is 31.5 Å². The fraction of sp³-hybridized carbons (Fsp3) is 0.315. The third kappa shape index (κ3) is 15.9. The number of hydrogen-bond acceptors (Lipinski definition) is 10. The number of aliphatic hydroxyl groups is 1. The van der Waals surface area contributed by atoms with Crippen molar-refractivity contribution in [1.29, 1.82) is 0 Å². The summed E-state index contributed by atoms with van der Waals surface area (Å²) in [5.74, 6) is -1.30. The highest BCUT2D eigenvalue weighted by Crippen LogP contribution is 2.29. The molecule has 5 N–H and O–H groups in total. The molecule has 2 aliphatic heterocycles. The van der Waals surface area contributed by atoms with Gasteiger partial charge in [-0.3, -0.25) is 28.9 Å². The van der Waals surface area contributed by atoms with Crippen molar-refractivity contribution in [3.63, 3.8) is 0 Å². The zero-order valence-corrected chi connectivity index (χ0v) is 42.5. The van der Waals surface area contributed by atoms with Crippen LogP contribution < -0.4 is 21.3 Å². The number of rotatable bonds is 21. The van der Waals surface area contributed by atoms with Gasteiger partial charge in [-0.25, -0.2) is 9.97 Å². The first-order valence-electron chi connectivity index (χ1n) is 23.8. The third-order valence-electron chi connectivity index (χ3n) is 12.3. The number of nitrogens with zero attached hydrogens (tertiary/aromatic N) is 4. The Morgan fingerprint density at radius 1 is 0.708 bits per heavy atom. The number of Topliss-reactive ketones (excluding diaryl/α,β-unsaturated/α-hetero) is 1. The molecule has 5 aromatic rings. The monoisotopic (exact) mass is 1050 g/mol. The minimum Gasteiger partial charge on any atom is -0.390 e. The molecule has 4 aromatic carbocycles. The van der Waals surface area contributed by atoms with Gasteiger partial charge in [-0.1, -0.05) is 126 Å². The Balaban J connectivity index is 0.852. The molecule has 3 heterocycles. The highest BCUT2D eigenvalue weighted by Gasteiger charge is 2.34. The molecule has 0 unspecified atom stereocenters. The van der Waals surface area contributed by atoms with Gasteiger partial charge in [-0.2, -0.15) is 0 Å². The van der Waals surface area contributed by atoms with E-state index >= 15 is 0 Å². The number of piperidine rings is 1. The summed E-state index contributed by atoms with van der Waals surface area (Å²) in [5.41, 5.74) is 5.49. The lowest BCUT2D eigenvalue weighted by Crippen LogP contribution is -2.52. The Morgan fingerprint density at radius 3 is 2.04 bits per heavy atom. The summed E-state index contributed by atoms with van der Waals surface area (Å²) in [6.07, 6.45) is 7.90. The van der Waals surface area contributed by atoms with E-state index in [9.17, 15) is 29.1 Å². The second-order valence-corrected chi connectivity index (χ2v) is 19.4. The number of unbranched alkanes of at least 4 members (excludes halogenated alkanes) is 3. The van der Waals surface area contributed by atoms with E-state index in [1.165, 1.54) is 23.5 Å². The fourth-order valence-corrected chi connectivity index (χ4v) is 9.13. The summed E-state index contributed by atoms with van der Waals surface area (Å²) >= 11 is 25.0. The molecule has 0 saturated carbocycles. The molecule has 0 radical (unpaired) electrons. The van der Waals surface area contributed by atoms with Gasteiger partial charge in [0.2, 0.25) is 17.7 Å². The Bertz CT molecular complexity index is 2740. The number of carbonyl (C=O) groups is 5. The molecule has 7 rings (SSSR count). The number of anilines is 1. The molecule has 0 spiro atoms. The summed E-state index contributed by atoms with van der Waals surface area (Å²) in [7, 11) is 0. The first-order valence-corrected chi connectivity index (χ1v) is 25.3. The third-order valence-corrected chi connectivity index (χ3v) is 13.7. The predicted molar refractivity (Wildman–Crippen MR) is 283 cm³/mol. The molecule has 18 heteroatoms. The minimum absolute atomic E-state index is 0.00649. The van der Waals surface area contributed by atoms with Gasteiger partial charge in [0, 0.05) is 75.9 Å². The lowest BCUT2D eigenvalue weighted by molar-refractivity contribution is -0.136. The summed E-state index contributed by atoms with van der Waals surface area (Å²) in [5, 5.41) is 23.5. The Morgan fingerprint density at radius 2 is 1.36 bits per heavy atom. The number of aliphatic hydroxyl groups excluding tert-OH is 1. The average Bonchev–Trinajstić information content (AvgIpc) is 3.38. The predicted octanol–water partition coefficient (Wildman–Crippen LogP) is 8.02. The quantitative estimate of drug-likeness (QED) is 0.0356. The van der Waals surface area contributed by atoms with Crippen LogP contribution in [0.4, 0.5) is 5.82 Å². The van der Waals surface area contributed by atoms with Crippen LogP contribution in [0, 0.1) is 0 Å². The molecule has 72 heavy (non-hydrogen) atoms. The minimum atomic E-state index is -0.922.